The number of benzene rings is 2. The number of pyridine rings is 1. The number of anilines is 1. The second kappa shape index (κ2) is 11.6. The number of hydrogen-bond donors (Lipinski definition) is 0. The van der Waals surface area contributed by atoms with Crippen LogP contribution in [0.5, 0.6) is 5.88 Å². The number of carbonyl (C=O) groups is 1. The maximum Gasteiger partial charge on any atom is 0.234 e. The van der Waals surface area contributed by atoms with E-state index in [0.29, 0.717) is 42.6 Å². The Balaban J connectivity index is 1.25. The zero-order chi connectivity index (χ0) is 31.6. The molecule has 3 saturated heterocycles. The first-order valence-electron chi connectivity index (χ1n) is 17.0. The van der Waals surface area contributed by atoms with Crippen LogP contribution in [0.1, 0.15) is 68.1 Å². The molecule has 6 nitrogen and oxygen atoms in total. The molecule has 5 atom stereocenters. The van der Waals surface area contributed by atoms with Crippen LogP contribution in [0.3, 0.4) is 0 Å². The Kier molecular flexibility index (Phi) is 7.57. The third-order valence-corrected chi connectivity index (χ3v) is 12.1. The topological polar surface area (TPSA) is 69.5 Å². The number of allylic oxidation sites excluding steroid dienone is 1. The highest BCUT2D eigenvalue weighted by atomic mass is 35.5. The number of aromatic nitrogens is 1. The minimum Gasteiger partial charge on any atom is -0.475 e. The standard InChI is InChI=1S/C38H40ClFN4O2/c1-2-35(45)27-12-6-13-34-31(27)21-44(34)36-29-16-32(39)28(26-11-5-9-23-8-3-4-10-25(23)26)17-33(29)42-37(30(36)19-41)46-22-38-14-7-15-43(38)20-24(40)18-38/h2,5,9,11,16-17,24,27,31,34H,1,3-4,6-8,10,12-15,18,20-22H2/t24?,27?,31-,34+,38-/m0/s1. The first-order chi connectivity index (χ1) is 22.4. The molecule has 0 bridgehead atoms. The van der Waals surface area contributed by atoms with Crippen LogP contribution in [0.2, 0.25) is 5.02 Å². The van der Waals surface area contributed by atoms with Crippen molar-refractivity contribution in [1.29, 1.82) is 5.26 Å². The molecule has 46 heavy (non-hydrogen) atoms. The molecule has 4 fully saturated rings. The van der Waals surface area contributed by atoms with Crippen molar-refractivity contribution in [2.24, 2.45) is 11.8 Å². The number of hydrogen-bond acceptors (Lipinski definition) is 6. The van der Waals surface area contributed by atoms with Gasteiger partial charge in [0.2, 0.25) is 5.88 Å². The van der Waals surface area contributed by atoms with Crippen LogP contribution in [-0.4, -0.2) is 59.7 Å². The number of ether oxygens (including phenoxy) is 1. The summed E-state index contributed by atoms with van der Waals surface area (Å²) in [6, 6.07) is 13.1. The number of nitriles is 1. The van der Waals surface area contributed by atoms with Crippen LogP contribution >= 0.6 is 11.6 Å². The van der Waals surface area contributed by atoms with Gasteiger partial charge in [-0.2, -0.15) is 5.26 Å². The van der Waals surface area contributed by atoms with Crippen molar-refractivity contribution in [3.05, 3.63) is 64.7 Å². The van der Waals surface area contributed by atoms with Crippen LogP contribution in [0.15, 0.2) is 43.0 Å². The van der Waals surface area contributed by atoms with E-state index in [2.05, 4.69) is 46.7 Å². The molecule has 2 unspecified atom stereocenters. The van der Waals surface area contributed by atoms with Gasteiger partial charge in [-0.3, -0.25) is 9.69 Å². The lowest BCUT2D eigenvalue weighted by molar-refractivity contribution is -0.122. The normalized spacial score (nSPS) is 28.6. The fraction of sp³-hybridized carbons (Fsp3) is 0.500. The first kappa shape index (κ1) is 29.9. The van der Waals surface area contributed by atoms with Crippen molar-refractivity contribution in [2.45, 2.75) is 82.0 Å². The number of carbonyl (C=O) groups excluding carboxylic acids is 1. The van der Waals surface area contributed by atoms with Crippen molar-refractivity contribution in [3.63, 3.8) is 0 Å². The highest BCUT2D eigenvalue weighted by Crippen LogP contribution is 2.50. The molecule has 0 amide bonds. The Hall–Kier alpha value is -3.47. The molecule has 0 spiro atoms. The second-order valence-corrected chi connectivity index (χ2v) is 14.6. The SMILES string of the molecule is C=CC(=O)C1CCC[C@@H]2[C@H]1CN2c1c(C#N)c(OC[C@@]23CCCN2CC(F)C3)nc2cc(-c3cccc4c3CCCC4)c(Cl)cc12. The maximum absolute atomic E-state index is 14.6. The third-order valence-electron chi connectivity index (χ3n) is 11.7. The Bertz CT molecular complexity index is 1790. The van der Waals surface area contributed by atoms with E-state index in [1.165, 1.54) is 23.6 Å². The number of halogens is 2. The summed E-state index contributed by atoms with van der Waals surface area (Å²) in [6.07, 6.45) is 10.2. The van der Waals surface area contributed by atoms with Gasteiger partial charge in [-0.15, -0.1) is 0 Å². The molecule has 0 radical (unpaired) electrons. The van der Waals surface area contributed by atoms with Crippen LogP contribution in [0, 0.1) is 23.2 Å². The number of alkyl halides is 1. The molecule has 2 aromatic carbocycles. The summed E-state index contributed by atoms with van der Waals surface area (Å²) in [5.41, 5.74) is 6.36. The average molecular weight is 639 g/mol. The quantitative estimate of drug-likeness (QED) is 0.248. The summed E-state index contributed by atoms with van der Waals surface area (Å²) in [5, 5.41) is 12.1. The molecule has 1 aromatic heterocycles. The molecule has 8 heteroatoms. The number of aryl methyl sites for hydroxylation is 1. The van der Waals surface area contributed by atoms with Gasteiger partial charge < -0.3 is 9.64 Å². The molecule has 8 rings (SSSR count). The molecule has 5 aliphatic rings. The van der Waals surface area contributed by atoms with Crippen LogP contribution < -0.4 is 9.64 Å². The van der Waals surface area contributed by atoms with E-state index in [1.54, 1.807) is 0 Å². The van der Waals surface area contributed by atoms with Crippen molar-refractivity contribution in [1.82, 2.24) is 9.88 Å². The van der Waals surface area contributed by atoms with Gasteiger partial charge >= 0.3 is 0 Å². The first-order valence-corrected chi connectivity index (χ1v) is 17.4. The van der Waals surface area contributed by atoms with Crippen LogP contribution in [-0.2, 0) is 17.6 Å². The van der Waals surface area contributed by atoms with Gasteiger partial charge in [0.1, 0.15) is 24.4 Å². The van der Waals surface area contributed by atoms with Gasteiger partial charge in [-0.1, -0.05) is 42.8 Å². The predicted molar refractivity (Wildman–Crippen MR) is 179 cm³/mol. The van der Waals surface area contributed by atoms with E-state index in [-0.39, 0.29) is 29.2 Å². The maximum atomic E-state index is 14.6. The van der Waals surface area contributed by atoms with E-state index in [0.717, 1.165) is 85.6 Å². The fourth-order valence-electron chi connectivity index (χ4n) is 9.51. The Morgan fingerprint density at radius 1 is 1.17 bits per heavy atom. The van der Waals surface area contributed by atoms with Crippen LogP contribution in [0.4, 0.5) is 10.1 Å². The molecule has 2 aliphatic carbocycles. The smallest absolute Gasteiger partial charge is 0.234 e. The molecular weight excluding hydrogens is 599 g/mol. The van der Waals surface area contributed by atoms with Gasteiger partial charge in [0.25, 0.3) is 0 Å². The summed E-state index contributed by atoms with van der Waals surface area (Å²) in [5.74, 6) is 0.593. The summed E-state index contributed by atoms with van der Waals surface area (Å²) >= 11 is 7.14. The Morgan fingerprint density at radius 2 is 2.04 bits per heavy atom. The number of nitrogens with zero attached hydrogens (tertiary/aromatic N) is 4. The molecular formula is C38H40ClFN4O2. The van der Waals surface area contributed by atoms with Crippen molar-refractivity contribution in [2.75, 3.05) is 31.1 Å². The number of rotatable bonds is 7. The molecule has 1 saturated carbocycles. The minimum absolute atomic E-state index is 0.0373. The zero-order valence-electron chi connectivity index (χ0n) is 26.2. The van der Waals surface area contributed by atoms with Crippen molar-refractivity contribution >= 4 is 34.0 Å². The van der Waals surface area contributed by atoms with Gasteiger partial charge in [0.05, 0.1) is 16.7 Å². The van der Waals surface area contributed by atoms with Crippen molar-refractivity contribution in [3.8, 4) is 23.1 Å². The van der Waals surface area contributed by atoms with E-state index in [9.17, 15) is 14.4 Å². The lowest BCUT2D eigenvalue weighted by atomic mass is 9.67. The lowest BCUT2D eigenvalue weighted by Crippen LogP contribution is -2.62. The van der Waals surface area contributed by atoms with Gasteiger partial charge in [-0.25, -0.2) is 9.37 Å². The third kappa shape index (κ3) is 4.75. The van der Waals surface area contributed by atoms with Crippen LogP contribution in [0.25, 0.3) is 22.0 Å². The monoisotopic (exact) mass is 638 g/mol. The van der Waals surface area contributed by atoms with E-state index < -0.39 is 6.17 Å². The minimum atomic E-state index is -0.864. The molecule has 238 valence electrons. The Labute approximate surface area is 275 Å². The molecule has 4 heterocycles. The molecule has 3 aliphatic heterocycles. The summed E-state index contributed by atoms with van der Waals surface area (Å²) in [6.45, 7) is 6.04. The Morgan fingerprint density at radius 3 is 2.89 bits per heavy atom. The van der Waals surface area contributed by atoms with Gasteiger partial charge in [0, 0.05) is 53.4 Å². The molecule has 0 N–H and O–H groups in total. The molecule has 3 aromatic rings. The van der Waals surface area contributed by atoms with Crippen molar-refractivity contribution < 1.29 is 13.9 Å². The predicted octanol–water partition coefficient (Wildman–Crippen LogP) is 7.62. The van der Waals surface area contributed by atoms with E-state index >= 15 is 0 Å². The van der Waals surface area contributed by atoms with Gasteiger partial charge in [-0.05, 0) is 92.8 Å². The number of ketones is 1. The zero-order valence-corrected chi connectivity index (χ0v) is 27.0. The summed E-state index contributed by atoms with van der Waals surface area (Å²) in [4.78, 5) is 22.3. The fourth-order valence-corrected chi connectivity index (χ4v) is 9.77. The lowest BCUT2D eigenvalue weighted by Gasteiger charge is -2.55. The highest BCUT2D eigenvalue weighted by Gasteiger charge is 2.51. The van der Waals surface area contributed by atoms with E-state index in [1.807, 2.05) is 6.07 Å². The van der Waals surface area contributed by atoms with E-state index in [4.69, 9.17) is 21.3 Å². The summed E-state index contributed by atoms with van der Waals surface area (Å²) in [7, 11) is 0. The largest absolute Gasteiger partial charge is 0.475 e. The highest BCUT2D eigenvalue weighted by molar-refractivity contribution is 6.34. The number of fused-ring (bicyclic) bond motifs is 4. The second-order valence-electron chi connectivity index (χ2n) is 14.1. The van der Waals surface area contributed by atoms with Gasteiger partial charge in [0.15, 0.2) is 5.78 Å². The average Bonchev–Trinajstić information content (AvgIpc) is 3.59. The summed E-state index contributed by atoms with van der Waals surface area (Å²) < 4.78 is 21.2.